The van der Waals surface area contributed by atoms with Gasteiger partial charge in [-0.2, -0.15) is 13.2 Å². The molecule has 3 heterocycles. The van der Waals surface area contributed by atoms with Crippen molar-refractivity contribution in [1.29, 1.82) is 0 Å². The maximum Gasteiger partial charge on any atom is 0.406 e. The van der Waals surface area contributed by atoms with E-state index >= 15 is 0 Å². The summed E-state index contributed by atoms with van der Waals surface area (Å²) in [6, 6.07) is 0.119. The molecule has 132 valence electrons. The zero-order valence-corrected chi connectivity index (χ0v) is 13.1. The van der Waals surface area contributed by atoms with Crippen LogP contribution in [0.1, 0.15) is 25.3 Å². The monoisotopic (exact) mass is 344 g/mol. The van der Waals surface area contributed by atoms with E-state index in [1.807, 2.05) is 10.8 Å². The van der Waals surface area contributed by atoms with E-state index in [9.17, 15) is 22.8 Å². The summed E-state index contributed by atoms with van der Waals surface area (Å²) in [5, 5.41) is 0. The molecule has 2 atom stereocenters. The average molecular weight is 344 g/mol. The van der Waals surface area contributed by atoms with Crippen molar-refractivity contribution in [2.45, 2.75) is 31.5 Å². The van der Waals surface area contributed by atoms with Crippen molar-refractivity contribution in [2.75, 3.05) is 26.2 Å². The van der Waals surface area contributed by atoms with Crippen LogP contribution in [-0.2, 0) is 9.59 Å². The normalized spacial score (nSPS) is 25.4. The van der Waals surface area contributed by atoms with Crippen molar-refractivity contribution in [1.82, 2.24) is 19.4 Å². The summed E-state index contributed by atoms with van der Waals surface area (Å²) >= 11 is 0. The van der Waals surface area contributed by atoms with E-state index in [-0.39, 0.29) is 24.9 Å². The van der Waals surface area contributed by atoms with Gasteiger partial charge in [0.2, 0.25) is 11.8 Å². The van der Waals surface area contributed by atoms with Crippen LogP contribution in [0.5, 0.6) is 0 Å². The van der Waals surface area contributed by atoms with Gasteiger partial charge in [0, 0.05) is 38.4 Å². The fourth-order valence-corrected chi connectivity index (χ4v) is 3.45. The number of halogens is 3. The van der Waals surface area contributed by atoms with Crippen molar-refractivity contribution in [3.05, 3.63) is 18.7 Å². The number of carbonyl (C=O) groups is 2. The van der Waals surface area contributed by atoms with Crippen LogP contribution >= 0.6 is 0 Å². The topological polar surface area (TPSA) is 58.4 Å². The molecule has 3 rings (SSSR count). The number of aromatic nitrogens is 2. The Morgan fingerprint density at radius 1 is 1.33 bits per heavy atom. The van der Waals surface area contributed by atoms with E-state index in [1.54, 1.807) is 17.4 Å². The van der Waals surface area contributed by atoms with Gasteiger partial charge in [-0.1, -0.05) is 0 Å². The van der Waals surface area contributed by atoms with Gasteiger partial charge in [0.25, 0.3) is 0 Å². The minimum atomic E-state index is -4.44. The van der Waals surface area contributed by atoms with Gasteiger partial charge in [-0.25, -0.2) is 4.98 Å². The van der Waals surface area contributed by atoms with Crippen molar-refractivity contribution in [2.24, 2.45) is 5.92 Å². The number of likely N-dealkylation sites (tertiary alicyclic amines) is 2. The summed E-state index contributed by atoms with van der Waals surface area (Å²) in [6.07, 6.45) is 2.37. The Labute approximate surface area is 137 Å². The lowest BCUT2D eigenvalue weighted by Gasteiger charge is -2.34. The lowest BCUT2D eigenvalue weighted by atomic mass is 10.0. The lowest BCUT2D eigenvalue weighted by molar-refractivity contribution is -0.157. The third-order valence-electron chi connectivity index (χ3n) is 4.59. The number of piperidine rings is 1. The smallest absolute Gasteiger partial charge is 0.340 e. The number of amides is 2. The number of alkyl halides is 3. The van der Waals surface area contributed by atoms with Crippen molar-refractivity contribution in [3.63, 3.8) is 0 Å². The molecule has 2 fully saturated rings. The molecule has 0 aliphatic carbocycles. The summed E-state index contributed by atoms with van der Waals surface area (Å²) in [4.78, 5) is 30.8. The summed E-state index contributed by atoms with van der Waals surface area (Å²) in [7, 11) is 0. The molecule has 1 aromatic rings. The van der Waals surface area contributed by atoms with Gasteiger partial charge in [0.15, 0.2) is 0 Å². The summed E-state index contributed by atoms with van der Waals surface area (Å²) in [5.74, 6) is -1.51. The SMILES string of the molecule is O=C1C[C@@H](C(=O)N2CCC[C@H](n3ccnc3)C2)CN1CC(F)(F)F. The third kappa shape index (κ3) is 3.70. The molecule has 2 amide bonds. The number of hydrogen-bond acceptors (Lipinski definition) is 3. The van der Waals surface area contributed by atoms with Crippen LogP contribution in [0.2, 0.25) is 0 Å². The summed E-state index contributed by atoms with van der Waals surface area (Å²) in [5.41, 5.74) is 0. The molecule has 24 heavy (non-hydrogen) atoms. The first-order chi connectivity index (χ1) is 11.3. The molecule has 2 saturated heterocycles. The standard InChI is InChI=1S/C15H19F3N4O2/c16-15(17,18)9-22-7-11(6-13(22)23)14(24)20-4-1-2-12(8-20)21-5-3-19-10-21/h3,5,10-12H,1-2,4,6-9H2/t11-,12+/m1/s1. The highest BCUT2D eigenvalue weighted by Gasteiger charge is 2.42. The zero-order valence-electron chi connectivity index (χ0n) is 13.1. The second-order valence-electron chi connectivity index (χ2n) is 6.38. The molecule has 0 unspecified atom stereocenters. The minimum Gasteiger partial charge on any atom is -0.340 e. The first-order valence-electron chi connectivity index (χ1n) is 7.94. The molecule has 6 nitrogen and oxygen atoms in total. The molecule has 9 heteroatoms. The van der Waals surface area contributed by atoms with Gasteiger partial charge in [0.05, 0.1) is 18.3 Å². The molecule has 0 N–H and O–H groups in total. The second-order valence-corrected chi connectivity index (χ2v) is 6.38. The predicted molar refractivity (Wildman–Crippen MR) is 77.8 cm³/mol. The van der Waals surface area contributed by atoms with Gasteiger partial charge < -0.3 is 14.4 Å². The Hall–Kier alpha value is -2.06. The van der Waals surface area contributed by atoms with Crippen LogP contribution in [0.3, 0.4) is 0 Å². The fourth-order valence-electron chi connectivity index (χ4n) is 3.45. The van der Waals surface area contributed by atoms with Gasteiger partial charge in [-0.15, -0.1) is 0 Å². The molecule has 0 spiro atoms. The Balaban J connectivity index is 1.61. The maximum atomic E-state index is 12.6. The minimum absolute atomic E-state index is 0.119. The highest BCUT2D eigenvalue weighted by molar-refractivity contribution is 5.89. The zero-order chi connectivity index (χ0) is 17.3. The summed E-state index contributed by atoms with van der Waals surface area (Å²) in [6.45, 7) is -0.357. The first-order valence-corrected chi connectivity index (χ1v) is 7.94. The molecule has 1 aromatic heterocycles. The third-order valence-corrected chi connectivity index (χ3v) is 4.59. The van der Waals surface area contributed by atoms with E-state index in [0.717, 1.165) is 17.7 Å². The Bertz CT molecular complexity index is 602. The van der Waals surface area contributed by atoms with Gasteiger partial charge in [-0.05, 0) is 12.8 Å². The van der Waals surface area contributed by atoms with Gasteiger partial charge in [-0.3, -0.25) is 9.59 Å². The molecule has 2 aliphatic heterocycles. The van der Waals surface area contributed by atoms with Crippen LogP contribution in [0.25, 0.3) is 0 Å². The predicted octanol–water partition coefficient (Wildman–Crippen LogP) is 1.46. The van der Waals surface area contributed by atoms with Crippen LogP contribution in [0, 0.1) is 5.92 Å². The number of rotatable bonds is 3. The molecule has 0 aromatic carbocycles. The van der Waals surface area contributed by atoms with Crippen molar-refractivity contribution >= 4 is 11.8 Å². The molecule has 0 radical (unpaired) electrons. The highest BCUT2D eigenvalue weighted by atomic mass is 19.4. The van der Waals surface area contributed by atoms with E-state index in [0.29, 0.717) is 13.1 Å². The van der Waals surface area contributed by atoms with E-state index < -0.39 is 24.5 Å². The molecule has 0 bridgehead atoms. The van der Waals surface area contributed by atoms with E-state index in [4.69, 9.17) is 0 Å². The molecular weight excluding hydrogens is 325 g/mol. The fraction of sp³-hybridized carbons (Fsp3) is 0.667. The Morgan fingerprint density at radius 2 is 2.12 bits per heavy atom. The Kier molecular flexibility index (Phi) is 4.51. The average Bonchev–Trinajstić information content (AvgIpc) is 3.16. The first kappa shape index (κ1) is 16.8. The van der Waals surface area contributed by atoms with E-state index in [1.165, 1.54) is 0 Å². The maximum absolute atomic E-state index is 12.6. The number of carbonyl (C=O) groups excluding carboxylic acids is 2. The van der Waals surface area contributed by atoms with Crippen LogP contribution in [-0.4, -0.2) is 63.5 Å². The number of imidazole rings is 1. The summed E-state index contributed by atoms with van der Waals surface area (Å²) < 4.78 is 39.4. The van der Waals surface area contributed by atoms with E-state index in [2.05, 4.69) is 4.98 Å². The number of nitrogens with zero attached hydrogens (tertiary/aromatic N) is 4. The van der Waals surface area contributed by atoms with Crippen LogP contribution < -0.4 is 0 Å². The van der Waals surface area contributed by atoms with Crippen LogP contribution in [0.4, 0.5) is 13.2 Å². The van der Waals surface area contributed by atoms with Crippen molar-refractivity contribution < 1.29 is 22.8 Å². The molecule has 2 aliphatic rings. The van der Waals surface area contributed by atoms with Gasteiger partial charge in [0.1, 0.15) is 6.54 Å². The largest absolute Gasteiger partial charge is 0.406 e. The quantitative estimate of drug-likeness (QED) is 0.834. The second kappa shape index (κ2) is 6.45. The highest BCUT2D eigenvalue weighted by Crippen LogP contribution is 2.28. The van der Waals surface area contributed by atoms with Crippen LogP contribution in [0.15, 0.2) is 18.7 Å². The lowest BCUT2D eigenvalue weighted by Crippen LogP contribution is -2.44. The molecule has 0 saturated carbocycles. The Morgan fingerprint density at radius 3 is 2.79 bits per heavy atom. The molecular formula is C15H19F3N4O2. The number of hydrogen-bond donors (Lipinski definition) is 0. The van der Waals surface area contributed by atoms with Crippen molar-refractivity contribution in [3.8, 4) is 0 Å². The van der Waals surface area contributed by atoms with Gasteiger partial charge >= 0.3 is 6.18 Å².